The van der Waals surface area contributed by atoms with Crippen LogP contribution in [-0.4, -0.2) is 22.6 Å². The van der Waals surface area contributed by atoms with Gasteiger partial charge in [-0.25, -0.2) is 0 Å². The third kappa shape index (κ3) is 2.84. The Labute approximate surface area is 121 Å². The van der Waals surface area contributed by atoms with Crippen LogP contribution in [0.2, 0.25) is 5.02 Å². The molecule has 0 radical (unpaired) electrons. The average molecular weight is 291 g/mol. The highest BCUT2D eigenvalue weighted by atomic mass is 35.5. The van der Waals surface area contributed by atoms with Gasteiger partial charge in [0.25, 0.3) is 0 Å². The van der Waals surface area contributed by atoms with E-state index in [1.54, 1.807) is 12.1 Å². The van der Waals surface area contributed by atoms with Gasteiger partial charge in [-0.15, -0.1) is 0 Å². The van der Waals surface area contributed by atoms with Crippen molar-refractivity contribution in [2.45, 2.75) is 19.4 Å². The highest BCUT2D eigenvalue weighted by molar-refractivity contribution is 6.30. The van der Waals surface area contributed by atoms with E-state index in [-0.39, 0.29) is 5.91 Å². The number of benzene rings is 1. The number of halogens is 1. The molecule has 0 saturated heterocycles. The maximum Gasteiger partial charge on any atom is 0.230 e. The molecule has 3 N–H and O–H groups in total. The Morgan fingerprint density at radius 3 is 2.95 bits per heavy atom. The minimum atomic E-state index is -0.0767. The lowest BCUT2D eigenvalue weighted by molar-refractivity contribution is -0.115. The molecule has 0 bridgehead atoms. The highest BCUT2D eigenvalue weighted by Gasteiger charge is 2.17. The first kappa shape index (κ1) is 13.1. The van der Waals surface area contributed by atoms with Crippen molar-refractivity contribution in [2.24, 2.45) is 0 Å². The molecule has 0 aliphatic carbocycles. The van der Waals surface area contributed by atoms with Crippen molar-refractivity contribution < 1.29 is 4.79 Å². The number of anilines is 1. The third-order valence-electron chi connectivity index (χ3n) is 3.34. The largest absolute Gasteiger partial charge is 0.312 e. The molecule has 20 heavy (non-hydrogen) atoms. The Balaban J connectivity index is 1.67. The molecule has 1 aromatic heterocycles. The maximum absolute atomic E-state index is 12.0. The number of nitrogens with one attached hydrogen (secondary N) is 3. The molecular weight excluding hydrogens is 276 g/mol. The summed E-state index contributed by atoms with van der Waals surface area (Å²) in [6.07, 6.45) is 1.22. The molecule has 0 atom stereocenters. The number of aromatic amines is 1. The fourth-order valence-corrected chi connectivity index (χ4v) is 2.42. The average Bonchev–Trinajstić information content (AvgIpc) is 2.85. The predicted molar refractivity (Wildman–Crippen MR) is 77.8 cm³/mol. The second-order valence-corrected chi connectivity index (χ2v) is 5.24. The van der Waals surface area contributed by atoms with Crippen molar-refractivity contribution in [3.63, 3.8) is 0 Å². The number of hydrogen-bond donors (Lipinski definition) is 3. The van der Waals surface area contributed by atoms with Crippen molar-refractivity contribution >= 4 is 23.3 Å². The number of amides is 1. The number of nitrogens with zero attached hydrogens (tertiary/aromatic N) is 1. The summed E-state index contributed by atoms with van der Waals surface area (Å²) in [5.41, 5.74) is 3.08. The molecule has 2 heterocycles. The van der Waals surface area contributed by atoms with E-state index < -0.39 is 0 Å². The van der Waals surface area contributed by atoms with Crippen molar-refractivity contribution in [3.8, 4) is 0 Å². The van der Waals surface area contributed by atoms with Crippen LogP contribution in [-0.2, 0) is 24.2 Å². The van der Waals surface area contributed by atoms with Crippen molar-refractivity contribution in [2.75, 3.05) is 11.9 Å². The Bertz CT molecular complexity index is 621. The van der Waals surface area contributed by atoms with Crippen LogP contribution in [0.4, 0.5) is 5.82 Å². The van der Waals surface area contributed by atoms with E-state index in [0.29, 0.717) is 17.3 Å². The highest BCUT2D eigenvalue weighted by Crippen LogP contribution is 2.20. The molecule has 104 valence electrons. The number of H-pyrrole nitrogens is 1. The van der Waals surface area contributed by atoms with Crippen molar-refractivity contribution in [1.82, 2.24) is 15.5 Å². The summed E-state index contributed by atoms with van der Waals surface area (Å²) in [7, 11) is 0. The summed E-state index contributed by atoms with van der Waals surface area (Å²) in [4.78, 5) is 12.0. The quantitative estimate of drug-likeness (QED) is 0.808. The van der Waals surface area contributed by atoms with Gasteiger partial charge in [0, 0.05) is 35.8 Å². The first-order valence-electron chi connectivity index (χ1n) is 6.53. The lowest BCUT2D eigenvalue weighted by atomic mass is 10.1. The number of carbonyl (C=O) groups excluding carboxylic acids is 1. The molecule has 0 fully saturated rings. The van der Waals surface area contributed by atoms with Crippen LogP contribution >= 0.6 is 11.6 Å². The molecule has 0 unspecified atom stereocenters. The molecule has 1 aliphatic rings. The van der Waals surface area contributed by atoms with Gasteiger partial charge in [0.2, 0.25) is 5.91 Å². The first-order valence-corrected chi connectivity index (χ1v) is 6.91. The van der Waals surface area contributed by atoms with Gasteiger partial charge in [-0.2, -0.15) is 5.10 Å². The summed E-state index contributed by atoms with van der Waals surface area (Å²) in [5.74, 6) is 0.554. The number of hydrogen-bond acceptors (Lipinski definition) is 3. The summed E-state index contributed by atoms with van der Waals surface area (Å²) in [5, 5.41) is 14.0. The van der Waals surface area contributed by atoms with Gasteiger partial charge in [0.15, 0.2) is 5.82 Å². The van der Waals surface area contributed by atoms with Crippen LogP contribution in [0.1, 0.15) is 16.8 Å². The van der Waals surface area contributed by atoms with Crippen molar-refractivity contribution in [3.05, 3.63) is 46.1 Å². The molecule has 2 aromatic rings. The van der Waals surface area contributed by atoms with Crippen LogP contribution < -0.4 is 10.6 Å². The van der Waals surface area contributed by atoms with Gasteiger partial charge < -0.3 is 10.6 Å². The van der Waals surface area contributed by atoms with Crippen LogP contribution in [0, 0.1) is 0 Å². The molecule has 0 saturated carbocycles. The van der Waals surface area contributed by atoms with E-state index in [0.717, 1.165) is 36.3 Å². The Kier molecular flexibility index (Phi) is 3.71. The fraction of sp³-hybridized carbons (Fsp3) is 0.286. The van der Waals surface area contributed by atoms with E-state index in [1.807, 2.05) is 12.1 Å². The number of carbonyl (C=O) groups is 1. The van der Waals surface area contributed by atoms with Gasteiger partial charge in [-0.1, -0.05) is 23.7 Å². The van der Waals surface area contributed by atoms with Crippen LogP contribution in [0.15, 0.2) is 24.3 Å². The predicted octanol–water partition coefficient (Wildman–Crippen LogP) is 1.89. The summed E-state index contributed by atoms with van der Waals surface area (Å²) in [6.45, 7) is 1.68. The number of rotatable bonds is 3. The molecule has 1 aromatic carbocycles. The molecule has 1 aliphatic heterocycles. The standard InChI is InChI=1S/C14H15ClN4O/c15-10-3-1-9(2-4-10)7-13(20)17-14-11-8-16-6-5-12(11)18-19-14/h1-4,16H,5-8H2,(H2,17,18,19,20). The Morgan fingerprint density at radius 1 is 1.35 bits per heavy atom. The summed E-state index contributed by atoms with van der Waals surface area (Å²) in [6, 6.07) is 7.27. The zero-order valence-corrected chi connectivity index (χ0v) is 11.6. The normalized spacial score (nSPS) is 13.8. The lowest BCUT2D eigenvalue weighted by Crippen LogP contribution is -2.24. The number of fused-ring (bicyclic) bond motifs is 1. The zero-order valence-electron chi connectivity index (χ0n) is 10.9. The molecular formula is C14H15ClN4O. The minimum Gasteiger partial charge on any atom is -0.312 e. The third-order valence-corrected chi connectivity index (χ3v) is 3.59. The van der Waals surface area contributed by atoms with Crippen molar-refractivity contribution in [1.29, 1.82) is 0 Å². The van der Waals surface area contributed by atoms with Crippen LogP contribution in [0.3, 0.4) is 0 Å². The molecule has 6 heteroatoms. The Hall–Kier alpha value is -1.85. The topological polar surface area (TPSA) is 69.8 Å². The summed E-state index contributed by atoms with van der Waals surface area (Å²) < 4.78 is 0. The fourth-order valence-electron chi connectivity index (χ4n) is 2.29. The smallest absolute Gasteiger partial charge is 0.230 e. The van der Waals surface area contributed by atoms with E-state index in [4.69, 9.17) is 11.6 Å². The minimum absolute atomic E-state index is 0.0767. The summed E-state index contributed by atoms with van der Waals surface area (Å²) >= 11 is 5.82. The second kappa shape index (κ2) is 5.64. The SMILES string of the molecule is O=C(Cc1ccc(Cl)cc1)Nc1n[nH]c2c1CNCC2. The zero-order chi connectivity index (χ0) is 13.9. The molecule has 3 rings (SSSR count). The second-order valence-electron chi connectivity index (χ2n) is 4.81. The maximum atomic E-state index is 12.0. The van der Waals surface area contributed by atoms with Gasteiger partial charge in [0.05, 0.1) is 6.42 Å². The van der Waals surface area contributed by atoms with E-state index in [9.17, 15) is 4.79 Å². The van der Waals surface area contributed by atoms with E-state index in [2.05, 4.69) is 20.8 Å². The van der Waals surface area contributed by atoms with E-state index >= 15 is 0 Å². The Morgan fingerprint density at radius 2 is 2.15 bits per heavy atom. The van der Waals surface area contributed by atoms with Gasteiger partial charge in [-0.05, 0) is 17.7 Å². The van der Waals surface area contributed by atoms with Crippen LogP contribution in [0.25, 0.3) is 0 Å². The molecule has 1 amide bonds. The van der Waals surface area contributed by atoms with Gasteiger partial charge in [-0.3, -0.25) is 9.89 Å². The molecule has 5 nitrogen and oxygen atoms in total. The van der Waals surface area contributed by atoms with E-state index in [1.165, 1.54) is 0 Å². The van der Waals surface area contributed by atoms with Gasteiger partial charge >= 0.3 is 0 Å². The lowest BCUT2D eigenvalue weighted by Gasteiger charge is -2.13. The first-order chi connectivity index (χ1) is 9.72. The van der Waals surface area contributed by atoms with Crippen LogP contribution in [0.5, 0.6) is 0 Å². The monoisotopic (exact) mass is 290 g/mol. The molecule has 0 spiro atoms. The number of aromatic nitrogens is 2. The van der Waals surface area contributed by atoms with Gasteiger partial charge in [0.1, 0.15) is 0 Å².